The Balaban J connectivity index is 1.94. The van der Waals surface area contributed by atoms with Crippen LogP contribution in [0.4, 0.5) is 4.79 Å². The van der Waals surface area contributed by atoms with Crippen molar-refractivity contribution in [3.8, 4) is 0 Å². The zero-order valence-corrected chi connectivity index (χ0v) is 12.8. The van der Waals surface area contributed by atoms with Crippen molar-refractivity contribution in [3.63, 3.8) is 0 Å². The Morgan fingerprint density at radius 1 is 1.20 bits per heavy atom. The third kappa shape index (κ3) is 2.87. The van der Waals surface area contributed by atoms with Crippen molar-refractivity contribution in [1.29, 1.82) is 0 Å². The molecular formula is C13H22N4O2S. The molecule has 2 saturated heterocycles. The molecule has 0 spiro atoms. The fourth-order valence-corrected chi connectivity index (χ4v) is 3.02. The number of likely N-dealkylation sites (N-methyl/N-ethyl adjacent to an activating group) is 1. The van der Waals surface area contributed by atoms with Crippen LogP contribution in [0.1, 0.15) is 39.0 Å². The molecule has 6 nitrogen and oxygen atoms in total. The van der Waals surface area contributed by atoms with Crippen LogP contribution in [0.2, 0.25) is 0 Å². The Bertz CT molecular complexity index is 415. The quantitative estimate of drug-likeness (QED) is 0.566. The first-order valence-corrected chi connectivity index (χ1v) is 7.62. The summed E-state index contributed by atoms with van der Waals surface area (Å²) in [5, 5.41) is 6.00. The first-order chi connectivity index (χ1) is 9.56. The molecule has 2 rings (SSSR count). The molecule has 2 fully saturated rings. The summed E-state index contributed by atoms with van der Waals surface area (Å²) in [7, 11) is 1.67. The van der Waals surface area contributed by atoms with E-state index < -0.39 is 6.04 Å². The molecule has 2 atom stereocenters. The lowest BCUT2D eigenvalue weighted by Crippen LogP contribution is -2.64. The number of nitrogens with zero attached hydrogens (tertiary/aromatic N) is 2. The summed E-state index contributed by atoms with van der Waals surface area (Å²) in [6.07, 6.45) is 5.47. The lowest BCUT2D eigenvalue weighted by atomic mass is 10.1. The molecule has 7 heteroatoms. The first-order valence-electron chi connectivity index (χ1n) is 7.21. The summed E-state index contributed by atoms with van der Waals surface area (Å²) in [5.41, 5.74) is 0. The van der Waals surface area contributed by atoms with Gasteiger partial charge in [-0.25, -0.2) is 4.79 Å². The highest BCUT2D eigenvalue weighted by Gasteiger charge is 2.48. The Morgan fingerprint density at radius 3 is 2.60 bits per heavy atom. The van der Waals surface area contributed by atoms with Gasteiger partial charge in [0.05, 0.1) is 0 Å². The van der Waals surface area contributed by atoms with Gasteiger partial charge in [-0.1, -0.05) is 32.6 Å². The van der Waals surface area contributed by atoms with Crippen LogP contribution in [0.3, 0.4) is 0 Å². The van der Waals surface area contributed by atoms with E-state index in [-0.39, 0.29) is 18.1 Å². The van der Waals surface area contributed by atoms with Crippen LogP contribution in [-0.4, -0.2) is 52.7 Å². The minimum Gasteiger partial charge on any atom is -0.340 e. The first kappa shape index (κ1) is 15.0. The van der Waals surface area contributed by atoms with Gasteiger partial charge in [-0.15, -0.1) is 0 Å². The highest BCUT2D eigenvalue weighted by Crippen LogP contribution is 2.21. The monoisotopic (exact) mass is 298 g/mol. The van der Waals surface area contributed by atoms with Crippen LogP contribution < -0.4 is 10.6 Å². The van der Waals surface area contributed by atoms with E-state index in [2.05, 4.69) is 17.6 Å². The van der Waals surface area contributed by atoms with Gasteiger partial charge < -0.3 is 15.1 Å². The number of thiocarbonyl (C=S) groups is 1. The molecule has 2 aliphatic rings. The Hall–Kier alpha value is -1.37. The molecule has 0 aromatic carbocycles. The molecule has 3 amide bonds. The van der Waals surface area contributed by atoms with Gasteiger partial charge in [0.15, 0.2) is 5.11 Å². The number of unbranched alkanes of at least 4 members (excludes halogenated alkanes) is 4. The highest BCUT2D eigenvalue weighted by atomic mass is 32.1. The number of fused-ring (bicyclic) bond motifs is 1. The number of hydrogen-bond acceptors (Lipinski definition) is 3. The molecule has 112 valence electrons. The topological polar surface area (TPSA) is 64.7 Å². The van der Waals surface area contributed by atoms with Crippen LogP contribution >= 0.6 is 12.2 Å². The molecule has 2 heterocycles. The van der Waals surface area contributed by atoms with Crippen molar-refractivity contribution >= 4 is 29.3 Å². The van der Waals surface area contributed by atoms with Gasteiger partial charge in [-0.3, -0.25) is 10.1 Å². The number of hydrogen-bond donors (Lipinski definition) is 2. The Labute approximate surface area is 124 Å². The predicted octanol–water partition coefficient (Wildman–Crippen LogP) is 1.02. The molecule has 0 aromatic rings. The van der Waals surface area contributed by atoms with E-state index in [9.17, 15) is 9.59 Å². The minimum atomic E-state index is -0.406. The maximum Gasteiger partial charge on any atom is 0.325 e. The minimum absolute atomic E-state index is 0.265. The Kier molecular flexibility index (Phi) is 4.80. The van der Waals surface area contributed by atoms with Crippen molar-refractivity contribution in [2.75, 3.05) is 13.6 Å². The van der Waals surface area contributed by atoms with Gasteiger partial charge in [-0.05, 0) is 18.6 Å². The summed E-state index contributed by atoms with van der Waals surface area (Å²) in [4.78, 5) is 27.0. The predicted molar refractivity (Wildman–Crippen MR) is 80.1 cm³/mol. The number of imide groups is 1. The average molecular weight is 298 g/mol. The second-order valence-corrected chi connectivity index (χ2v) is 5.74. The molecule has 0 saturated carbocycles. The number of urea groups is 1. The maximum atomic E-state index is 12.0. The third-order valence-electron chi connectivity index (χ3n) is 3.91. The van der Waals surface area contributed by atoms with Gasteiger partial charge in [0.25, 0.3) is 5.91 Å². The van der Waals surface area contributed by atoms with E-state index in [1.165, 1.54) is 24.2 Å². The van der Waals surface area contributed by atoms with Gasteiger partial charge in [0.1, 0.15) is 12.2 Å². The summed E-state index contributed by atoms with van der Waals surface area (Å²) in [6, 6.07) is -0.785. The molecule has 0 aromatic heterocycles. The molecule has 2 N–H and O–H groups in total. The van der Waals surface area contributed by atoms with Gasteiger partial charge in [-0.2, -0.15) is 0 Å². The summed E-state index contributed by atoms with van der Waals surface area (Å²) >= 11 is 5.30. The fourth-order valence-electron chi connectivity index (χ4n) is 2.70. The van der Waals surface area contributed by atoms with E-state index in [1.807, 2.05) is 4.90 Å². The summed E-state index contributed by atoms with van der Waals surface area (Å²) in [5.74, 6) is -0.265. The average Bonchev–Trinajstić information content (AvgIpc) is 2.74. The second-order valence-electron chi connectivity index (χ2n) is 5.35. The molecule has 0 radical (unpaired) electrons. The summed E-state index contributed by atoms with van der Waals surface area (Å²) < 4.78 is 0. The molecule has 2 unspecified atom stereocenters. The molecule has 0 bridgehead atoms. The number of amides is 3. The normalized spacial score (nSPS) is 25.6. The van der Waals surface area contributed by atoms with Crippen molar-refractivity contribution in [3.05, 3.63) is 0 Å². The van der Waals surface area contributed by atoms with E-state index in [4.69, 9.17) is 12.2 Å². The molecule has 0 aliphatic carbocycles. The maximum absolute atomic E-state index is 12.0. The zero-order valence-electron chi connectivity index (χ0n) is 12.0. The van der Waals surface area contributed by atoms with Crippen LogP contribution in [0.5, 0.6) is 0 Å². The molecular weight excluding hydrogens is 276 g/mol. The van der Waals surface area contributed by atoms with Crippen LogP contribution in [0.15, 0.2) is 0 Å². The standard InChI is InChI=1S/C13H22N4O2S/c1-3-4-5-6-7-8-17-9-10(14-13(17)20)16(2)12(19)15-11(9)18/h9-10H,3-8H2,1-2H3,(H,14,20)(H,15,18,19). The lowest BCUT2D eigenvalue weighted by molar-refractivity contribution is -0.127. The highest BCUT2D eigenvalue weighted by molar-refractivity contribution is 7.80. The van der Waals surface area contributed by atoms with Crippen molar-refractivity contribution < 1.29 is 9.59 Å². The van der Waals surface area contributed by atoms with E-state index >= 15 is 0 Å². The summed E-state index contributed by atoms with van der Waals surface area (Å²) in [6.45, 7) is 2.94. The largest absolute Gasteiger partial charge is 0.340 e. The fraction of sp³-hybridized carbons (Fsp3) is 0.769. The number of nitrogens with one attached hydrogen (secondary N) is 2. The smallest absolute Gasteiger partial charge is 0.325 e. The van der Waals surface area contributed by atoms with Gasteiger partial charge >= 0.3 is 6.03 Å². The Morgan fingerprint density at radius 2 is 1.90 bits per heavy atom. The van der Waals surface area contributed by atoms with Crippen LogP contribution in [0.25, 0.3) is 0 Å². The van der Waals surface area contributed by atoms with E-state index in [1.54, 1.807) is 7.05 Å². The van der Waals surface area contributed by atoms with Crippen molar-refractivity contribution in [1.82, 2.24) is 20.4 Å². The zero-order chi connectivity index (χ0) is 14.7. The van der Waals surface area contributed by atoms with Gasteiger partial charge in [0, 0.05) is 13.6 Å². The number of carbonyl (C=O) groups is 2. The van der Waals surface area contributed by atoms with Crippen molar-refractivity contribution in [2.24, 2.45) is 0 Å². The lowest BCUT2D eigenvalue weighted by Gasteiger charge is -2.35. The van der Waals surface area contributed by atoms with E-state index in [0.717, 1.165) is 19.4 Å². The van der Waals surface area contributed by atoms with Crippen LogP contribution in [-0.2, 0) is 4.79 Å². The second kappa shape index (κ2) is 6.39. The SMILES string of the molecule is CCCCCCCN1C(=S)NC2C1C(=O)NC(=O)N2C. The number of rotatable bonds is 6. The van der Waals surface area contributed by atoms with Crippen molar-refractivity contribution in [2.45, 2.75) is 51.2 Å². The third-order valence-corrected chi connectivity index (χ3v) is 4.26. The van der Waals surface area contributed by atoms with Crippen LogP contribution in [0, 0.1) is 0 Å². The van der Waals surface area contributed by atoms with E-state index in [0.29, 0.717) is 5.11 Å². The molecule has 20 heavy (non-hydrogen) atoms. The van der Waals surface area contributed by atoms with Gasteiger partial charge in [0.2, 0.25) is 0 Å². The molecule has 2 aliphatic heterocycles. The number of carbonyl (C=O) groups excluding carboxylic acids is 2.